The van der Waals surface area contributed by atoms with Crippen molar-refractivity contribution < 1.29 is 17.9 Å². The number of rotatable bonds is 5. The molecular weight excluding hydrogens is 400 g/mol. The lowest BCUT2D eigenvalue weighted by Crippen LogP contribution is -2.39. The molecule has 3 aromatic carbocycles. The molecule has 6 nitrogen and oxygen atoms in total. The van der Waals surface area contributed by atoms with Crippen molar-refractivity contribution in [1.82, 2.24) is 4.31 Å². The maximum absolute atomic E-state index is 13.0. The van der Waals surface area contributed by atoms with Crippen LogP contribution in [-0.2, 0) is 21.2 Å². The van der Waals surface area contributed by atoms with Gasteiger partial charge >= 0.3 is 0 Å². The number of sulfonamides is 1. The molecule has 0 aliphatic carbocycles. The van der Waals surface area contributed by atoms with Crippen LogP contribution in [0.2, 0.25) is 0 Å². The number of carbonyl (C=O) groups is 1. The summed E-state index contributed by atoms with van der Waals surface area (Å²) in [5, 5.41) is 2.16. The first kappa shape index (κ1) is 20.4. The van der Waals surface area contributed by atoms with Crippen LogP contribution < -0.4 is 9.64 Å². The van der Waals surface area contributed by atoms with E-state index in [9.17, 15) is 13.2 Å². The topological polar surface area (TPSA) is 66.9 Å². The molecule has 0 radical (unpaired) electrons. The number of hydrogen-bond acceptors (Lipinski definition) is 4. The van der Waals surface area contributed by atoms with Crippen LogP contribution in [0.25, 0.3) is 10.8 Å². The first-order valence-electron chi connectivity index (χ1n) is 9.79. The average molecular weight is 425 g/mol. The molecule has 0 saturated carbocycles. The minimum absolute atomic E-state index is 0.148. The zero-order chi connectivity index (χ0) is 21.5. The van der Waals surface area contributed by atoms with Crippen LogP contribution in [0.1, 0.15) is 12.5 Å². The molecule has 30 heavy (non-hydrogen) atoms. The van der Waals surface area contributed by atoms with Crippen molar-refractivity contribution in [3.05, 3.63) is 66.2 Å². The van der Waals surface area contributed by atoms with Crippen LogP contribution in [0.5, 0.6) is 5.75 Å². The number of hydrogen-bond donors (Lipinski definition) is 0. The van der Waals surface area contributed by atoms with E-state index < -0.39 is 16.1 Å². The van der Waals surface area contributed by atoms with Crippen molar-refractivity contribution in [3.63, 3.8) is 0 Å². The van der Waals surface area contributed by atoms with Gasteiger partial charge in [-0.3, -0.25) is 4.79 Å². The Hall–Kier alpha value is -2.90. The number of ether oxygens (including phenoxy) is 1. The first-order chi connectivity index (χ1) is 14.3. The predicted molar refractivity (Wildman–Crippen MR) is 117 cm³/mol. The maximum Gasteiger partial charge on any atom is 0.267 e. The molecule has 1 aliphatic rings. The van der Waals surface area contributed by atoms with Crippen molar-refractivity contribution in [3.8, 4) is 5.75 Å². The highest BCUT2D eigenvalue weighted by molar-refractivity contribution is 7.89. The zero-order valence-electron chi connectivity index (χ0n) is 17.2. The predicted octanol–water partition coefficient (Wildman–Crippen LogP) is 3.45. The summed E-state index contributed by atoms with van der Waals surface area (Å²) in [5.74, 6) is 0.492. The second-order valence-corrected chi connectivity index (χ2v) is 9.74. The molecule has 1 amide bonds. The SMILES string of the molecule is CC(Oc1ccc2ccccc2c1)C(=O)N1CCc2cc(S(=O)(=O)N(C)C)ccc21. The third-order valence-corrected chi connectivity index (χ3v) is 7.18. The van der Waals surface area contributed by atoms with Gasteiger partial charge < -0.3 is 9.64 Å². The summed E-state index contributed by atoms with van der Waals surface area (Å²) < 4.78 is 31.9. The lowest BCUT2D eigenvalue weighted by atomic mass is 10.1. The van der Waals surface area contributed by atoms with E-state index in [1.807, 2.05) is 42.5 Å². The average Bonchev–Trinajstić information content (AvgIpc) is 3.16. The summed E-state index contributed by atoms with van der Waals surface area (Å²) in [4.78, 5) is 15.0. The highest BCUT2D eigenvalue weighted by atomic mass is 32.2. The minimum Gasteiger partial charge on any atom is -0.481 e. The molecule has 1 heterocycles. The van der Waals surface area contributed by atoms with Crippen LogP contribution in [-0.4, -0.2) is 45.4 Å². The largest absolute Gasteiger partial charge is 0.481 e. The normalized spacial score (nSPS) is 14.7. The Bertz CT molecular complexity index is 1220. The third-order valence-electron chi connectivity index (χ3n) is 5.37. The van der Waals surface area contributed by atoms with E-state index in [2.05, 4.69) is 0 Å². The Morgan fingerprint density at radius 1 is 1.03 bits per heavy atom. The molecule has 0 spiro atoms. The molecule has 0 fully saturated rings. The zero-order valence-corrected chi connectivity index (χ0v) is 18.0. The molecule has 3 aromatic rings. The Labute approximate surface area is 176 Å². The highest BCUT2D eigenvalue weighted by Gasteiger charge is 2.30. The van der Waals surface area contributed by atoms with E-state index in [-0.39, 0.29) is 10.8 Å². The van der Waals surface area contributed by atoms with Crippen molar-refractivity contribution >= 4 is 32.4 Å². The minimum atomic E-state index is -3.51. The van der Waals surface area contributed by atoms with Gasteiger partial charge in [-0.1, -0.05) is 30.3 Å². The summed E-state index contributed by atoms with van der Waals surface area (Å²) in [7, 11) is -0.498. The fourth-order valence-electron chi connectivity index (χ4n) is 3.69. The molecular formula is C23H24N2O4S. The smallest absolute Gasteiger partial charge is 0.267 e. The molecule has 0 N–H and O–H groups in total. The van der Waals surface area contributed by atoms with E-state index in [0.29, 0.717) is 18.7 Å². The van der Waals surface area contributed by atoms with Gasteiger partial charge in [-0.25, -0.2) is 12.7 Å². The Morgan fingerprint density at radius 3 is 2.50 bits per heavy atom. The molecule has 1 aliphatic heterocycles. The Kier molecular flexibility index (Phi) is 5.26. The Balaban J connectivity index is 1.53. The summed E-state index contributed by atoms with van der Waals surface area (Å²) in [6, 6.07) is 18.7. The number of fused-ring (bicyclic) bond motifs is 2. The second kappa shape index (κ2) is 7.74. The lowest BCUT2D eigenvalue weighted by Gasteiger charge is -2.23. The molecule has 156 valence electrons. The second-order valence-electron chi connectivity index (χ2n) is 7.59. The van der Waals surface area contributed by atoms with Gasteiger partial charge in [0.15, 0.2) is 6.10 Å². The lowest BCUT2D eigenvalue weighted by molar-refractivity contribution is -0.124. The first-order valence-corrected chi connectivity index (χ1v) is 11.2. The van der Waals surface area contributed by atoms with Crippen molar-refractivity contribution in [2.45, 2.75) is 24.3 Å². The monoisotopic (exact) mass is 424 g/mol. The van der Waals surface area contributed by atoms with E-state index in [1.54, 1.807) is 30.0 Å². The number of amides is 1. The third kappa shape index (κ3) is 3.66. The van der Waals surface area contributed by atoms with Gasteiger partial charge in [-0.15, -0.1) is 0 Å². The molecule has 7 heteroatoms. The summed E-state index contributed by atoms with van der Waals surface area (Å²) in [6.45, 7) is 2.24. The van der Waals surface area contributed by atoms with Gasteiger partial charge in [0.2, 0.25) is 10.0 Å². The van der Waals surface area contributed by atoms with Crippen LogP contribution in [0.3, 0.4) is 0 Å². The molecule has 1 unspecified atom stereocenters. The van der Waals surface area contributed by atoms with E-state index >= 15 is 0 Å². The Morgan fingerprint density at radius 2 is 1.77 bits per heavy atom. The van der Waals surface area contributed by atoms with Gasteiger partial charge in [0.25, 0.3) is 5.91 Å². The van der Waals surface area contributed by atoms with Gasteiger partial charge in [0.1, 0.15) is 5.75 Å². The summed E-state index contributed by atoms with van der Waals surface area (Å²) in [5.41, 5.74) is 1.59. The number of carbonyl (C=O) groups excluding carboxylic acids is 1. The van der Waals surface area contributed by atoms with Gasteiger partial charge in [-0.05, 0) is 60.0 Å². The highest BCUT2D eigenvalue weighted by Crippen LogP contribution is 2.32. The molecule has 0 aromatic heterocycles. The van der Waals surface area contributed by atoms with Gasteiger partial charge in [0, 0.05) is 26.3 Å². The summed E-state index contributed by atoms with van der Waals surface area (Å²) >= 11 is 0. The van der Waals surface area contributed by atoms with Crippen molar-refractivity contribution in [1.29, 1.82) is 0 Å². The number of nitrogens with zero attached hydrogens (tertiary/aromatic N) is 2. The van der Waals surface area contributed by atoms with Crippen LogP contribution in [0.4, 0.5) is 5.69 Å². The maximum atomic E-state index is 13.0. The fourth-order valence-corrected chi connectivity index (χ4v) is 4.65. The van der Waals surface area contributed by atoms with Crippen molar-refractivity contribution in [2.75, 3.05) is 25.5 Å². The van der Waals surface area contributed by atoms with E-state index in [4.69, 9.17) is 4.74 Å². The molecule has 0 saturated heterocycles. The molecule has 0 bridgehead atoms. The summed E-state index contributed by atoms with van der Waals surface area (Å²) in [6.07, 6.45) is -0.0529. The van der Waals surface area contributed by atoms with E-state index in [0.717, 1.165) is 22.0 Å². The van der Waals surface area contributed by atoms with Crippen molar-refractivity contribution in [2.24, 2.45) is 0 Å². The van der Waals surface area contributed by atoms with E-state index in [1.165, 1.54) is 18.4 Å². The standard InChI is InChI=1S/C23H24N2O4S/c1-16(29-20-9-8-17-6-4-5-7-18(17)14-20)23(26)25-13-12-19-15-21(10-11-22(19)25)30(27,28)24(2)3/h4-11,14-16H,12-13H2,1-3H3. The molecule has 4 rings (SSSR count). The number of anilines is 1. The van der Waals surface area contributed by atoms with Gasteiger partial charge in [-0.2, -0.15) is 0 Å². The fraction of sp³-hybridized carbons (Fsp3) is 0.261. The number of benzene rings is 3. The van der Waals surface area contributed by atoms with Crippen LogP contribution in [0, 0.1) is 0 Å². The molecule has 1 atom stereocenters. The quantitative estimate of drug-likeness (QED) is 0.629. The van der Waals surface area contributed by atoms with Gasteiger partial charge in [0.05, 0.1) is 4.90 Å². The van der Waals surface area contributed by atoms with Crippen LogP contribution in [0.15, 0.2) is 65.6 Å². The van der Waals surface area contributed by atoms with Crippen LogP contribution >= 0.6 is 0 Å².